The summed E-state index contributed by atoms with van der Waals surface area (Å²) in [6, 6.07) is 0. The molecule has 16 N–H and O–H groups in total. The van der Waals surface area contributed by atoms with Crippen molar-refractivity contribution >= 4 is 36.9 Å². The molecule has 0 aliphatic carbocycles. The second-order valence-electron chi connectivity index (χ2n) is 0.657. The standard InChI is InChI=1S/2B2O3.BN.8H2O/c2*3-1-5-2-4;1-2;;;;;;;;/h;;;8*1H2. The zero-order chi connectivity index (χ0) is 10.2. The molecule has 120 valence electrons. The van der Waals surface area contributed by atoms with E-state index in [-0.39, 0.29) is 73.2 Å². The van der Waals surface area contributed by atoms with Crippen molar-refractivity contribution in [2.75, 3.05) is 0 Å². The second kappa shape index (κ2) is 234. The Morgan fingerprint density at radius 2 is 0.600 bits per heavy atom. The van der Waals surface area contributed by atoms with Gasteiger partial charge in [-0.05, 0) is 0 Å². The molecule has 0 radical (unpaired) electrons. The van der Waals surface area contributed by atoms with E-state index in [1.165, 1.54) is 0 Å². The van der Waals surface area contributed by atoms with Crippen LogP contribution in [0.5, 0.6) is 0 Å². The molecule has 0 aromatic carbocycles. The van der Waals surface area contributed by atoms with Crippen molar-refractivity contribution in [3.05, 3.63) is 0 Å². The Hall–Kier alpha value is -1.49. The predicted molar refractivity (Wildman–Crippen MR) is 64.3 cm³/mol. The van der Waals surface area contributed by atoms with Crippen LogP contribution < -0.4 is 0 Å². The maximum absolute atomic E-state index is 8.95. The van der Waals surface area contributed by atoms with E-state index in [1.54, 1.807) is 0 Å². The molecule has 15 nitrogen and oxygen atoms in total. The Labute approximate surface area is 115 Å². The van der Waals surface area contributed by atoms with Gasteiger partial charge >= 0.3 is 70.0 Å². The van der Waals surface area contributed by atoms with E-state index in [4.69, 9.17) is 24.0 Å². The van der Waals surface area contributed by atoms with E-state index >= 15 is 0 Å². The van der Waals surface area contributed by atoms with Crippen LogP contribution in [-0.2, 0) is 28.0 Å². The summed E-state index contributed by atoms with van der Waals surface area (Å²) in [5.41, 5.74) is 0. The van der Waals surface area contributed by atoms with Crippen LogP contribution in [0.15, 0.2) is 0 Å². The van der Waals surface area contributed by atoms with Crippen molar-refractivity contribution in [3.63, 3.8) is 0 Å². The topological polar surface area (TPSA) is 363 Å². The molecule has 0 bridgehead atoms. The van der Waals surface area contributed by atoms with Gasteiger partial charge in [-0.3, -0.25) is 0 Å². The van der Waals surface area contributed by atoms with Gasteiger partial charge in [-0.2, -0.15) is 0 Å². The van der Waals surface area contributed by atoms with E-state index in [2.05, 4.69) is 16.6 Å². The molecular formula is H16B5NO14. The van der Waals surface area contributed by atoms with Crippen molar-refractivity contribution in [2.45, 2.75) is 0 Å². The summed E-state index contributed by atoms with van der Waals surface area (Å²) >= 11 is 0. The molecular weight excluding hydrogens is 292 g/mol. The van der Waals surface area contributed by atoms with Crippen LogP contribution >= 0.6 is 0 Å². The summed E-state index contributed by atoms with van der Waals surface area (Å²) < 4.78 is 42.8. The van der Waals surface area contributed by atoms with Crippen molar-refractivity contribution in [3.8, 4) is 0 Å². The summed E-state index contributed by atoms with van der Waals surface area (Å²) in [5, 5.41) is 6.50. The first-order chi connectivity index (χ1) is 5.83. The zero-order valence-electron chi connectivity index (χ0n) is 9.78. The molecule has 0 aromatic rings. The van der Waals surface area contributed by atoms with Gasteiger partial charge in [0, 0.05) is 0 Å². The number of nitrogens with zero attached hydrogens (tertiary/aromatic N) is 1. The number of hydrogen-bond acceptors (Lipinski definition) is 7. The third kappa shape index (κ3) is 629. The SMILES string of the molecule is B#N.O.O.O.O.O.O.O.O.O=BOB=O.O=BOB=O. The molecule has 0 fully saturated rings. The maximum atomic E-state index is 8.95. The third-order valence-corrected chi connectivity index (χ3v) is 0.222. The van der Waals surface area contributed by atoms with Crippen molar-refractivity contribution in [1.29, 1.82) is 5.16 Å². The Balaban J connectivity index is -0.00000000589. The molecule has 0 saturated heterocycles. The van der Waals surface area contributed by atoms with Crippen LogP contribution in [0, 0.1) is 5.16 Å². The molecule has 0 aromatic heterocycles. The van der Waals surface area contributed by atoms with Crippen LogP contribution in [-0.4, -0.2) is 80.7 Å². The quantitative estimate of drug-likeness (QED) is 0.450. The minimum absolute atomic E-state index is 0. The Kier molecular flexibility index (Phi) is 1180. The molecule has 0 spiro atoms. The van der Waals surface area contributed by atoms with Gasteiger partial charge in [0.05, 0.1) is 0 Å². The first-order valence-electron chi connectivity index (χ1n) is 2.14. The van der Waals surface area contributed by atoms with Gasteiger partial charge in [0.2, 0.25) is 0 Å². The van der Waals surface area contributed by atoms with Gasteiger partial charge in [0.15, 0.2) is 0 Å². The van der Waals surface area contributed by atoms with Crippen LogP contribution in [0.2, 0.25) is 0 Å². The third-order valence-electron chi connectivity index (χ3n) is 0.222. The molecule has 0 atom stereocenters. The fourth-order valence-electron chi connectivity index (χ4n) is 0.0454. The average molecular weight is 308 g/mol. The monoisotopic (exact) mass is 309 g/mol. The van der Waals surface area contributed by atoms with Crippen molar-refractivity contribution < 1.29 is 71.8 Å². The van der Waals surface area contributed by atoms with Crippen molar-refractivity contribution in [1.82, 2.24) is 0 Å². The summed E-state index contributed by atoms with van der Waals surface area (Å²) in [6.07, 6.45) is 0. The van der Waals surface area contributed by atoms with Crippen LogP contribution in [0.3, 0.4) is 0 Å². The van der Waals surface area contributed by atoms with Crippen LogP contribution in [0.1, 0.15) is 0 Å². The van der Waals surface area contributed by atoms with E-state index < -0.39 is 0 Å². The zero-order valence-corrected chi connectivity index (χ0v) is 9.78. The average Bonchev–Trinajstić information content (AvgIpc) is 2.12. The summed E-state index contributed by atoms with van der Waals surface area (Å²) in [7, 11) is 3.75. The van der Waals surface area contributed by atoms with Crippen molar-refractivity contribution in [2.24, 2.45) is 0 Å². The first-order valence-corrected chi connectivity index (χ1v) is 2.14. The summed E-state index contributed by atoms with van der Waals surface area (Å²) in [4.78, 5) is 0. The molecule has 0 unspecified atom stereocenters. The Bertz CT molecular complexity index is 122. The van der Waals surface area contributed by atoms with Gasteiger partial charge in [-0.1, -0.05) is 0 Å². The van der Waals surface area contributed by atoms with E-state index in [1.807, 2.05) is 0 Å². The second-order valence-corrected chi connectivity index (χ2v) is 0.657. The van der Waals surface area contributed by atoms with Gasteiger partial charge in [0.25, 0.3) is 0 Å². The fraction of sp³-hybridized carbons (Fsp3) is 0. The molecule has 0 aliphatic heterocycles. The van der Waals surface area contributed by atoms with Gasteiger partial charge in [-0.15, -0.1) is 0 Å². The number of hydrogen-bond donors (Lipinski definition) is 0. The summed E-state index contributed by atoms with van der Waals surface area (Å²) in [6.45, 7) is 0. The molecule has 0 heterocycles. The fourth-order valence-corrected chi connectivity index (χ4v) is 0.0454. The minimum atomic E-state index is 0. The summed E-state index contributed by atoms with van der Waals surface area (Å²) in [5.74, 6) is 0. The van der Waals surface area contributed by atoms with E-state index in [0.29, 0.717) is 0 Å². The molecule has 20 heteroatoms. The van der Waals surface area contributed by atoms with Gasteiger partial charge in [0.1, 0.15) is 0 Å². The molecule has 0 amide bonds. The molecule has 0 rings (SSSR count). The molecule has 0 saturated carbocycles. The van der Waals surface area contributed by atoms with Crippen LogP contribution in [0.4, 0.5) is 0 Å². The molecule has 20 heavy (non-hydrogen) atoms. The van der Waals surface area contributed by atoms with Gasteiger partial charge in [-0.25, -0.2) is 0 Å². The number of rotatable bonds is 4. The van der Waals surface area contributed by atoms with E-state index in [9.17, 15) is 0 Å². The van der Waals surface area contributed by atoms with E-state index in [0.717, 1.165) is 0 Å². The van der Waals surface area contributed by atoms with Crippen LogP contribution in [0.25, 0.3) is 0 Å². The predicted octanol–water partition coefficient (Wildman–Crippen LogP) is -9.10. The Morgan fingerprint density at radius 1 is 0.500 bits per heavy atom. The van der Waals surface area contributed by atoms with Gasteiger partial charge < -0.3 is 43.8 Å². The Morgan fingerprint density at radius 3 is 0.600 bits per heavy atom. The first kappa shape index (κ1) is 101. The normalized spacial score (nSPS) is 2.25. The molecule has 0 aliphatic rings.